The topological polar surface area (TPSA) is 15.3 Å². The predicted octanol–water partition coefficient (Wildman–Crippen LogP) is 3.84. The summed E-state index contributed by atoms with van der Waals surface area (Å²) in [6.07, 6.45) is 0. The quantitative estimate of drug-likeness (QED) is 0.874. The maximum atomic E-state index is 3.56. The lowest BCUT2D eigenvalue weighted by Gasteiger charge is -2.29. The van der Waals surface area contributed by atoms with Crippen LogP contribution in [0.3, 0.4) is 0 Å². The van der Waals surface area contributed by atoms with Crippen LogP contribution in [0.4, 0.5) is 5.69 Å². The molecule has 1 N–H and O–H groups in total. The fourth-order valence-corrected chi connectivity index (χ4v) is 2.55. The normalized spacial score (nSPS) is 12.1. The third kappa shape index (κ3) is 3.97. The molecule has 2 nitrogen and oxygen atoms in total. The van der Waals surface area contributed by atoms with Crippen LogP contribution in [-0.4, -0.2) is 32.1 Å². The van der Waals surface area contributed by atoms with Crippen LogP contribution in [0.25, 0.3) is 10.8 Å². The molecular weight excluding hydrogens is 232 g/mol. The van der Waals surface area contributed by atoms with Crippen molar-refractivity contribution in [3.05, 3.63) is 42.5 Å². The highest BCUT2D eigenvalue weighted by Crippen LogP contribution is 2.21. The molecule has 19 heavy (non-hydrogen) atoms. The summed E-state index contributed by atoms with van der Waals surface area (Å²) in [6, 6.07) is 15.0. The molecule has 0 spiro atoms. The second-order valence-electron chi connectivity index (χ2n) is 6.32. The Kier molecular flexibility index (Phi) is 4.11. The van der Waals surface area contributed by atoms with E-state index in [4.69, 9.17) is 0 Å². The van der Waals surface area contributed by atoms with Crippen molar-refractivity contribution in [2.75, 3.05) is 32.5 Å². The van der Waals surface area contributed by atoms with Gasteiger partial charge in [-0.1, -0.05) is 44.2 Å². The molecule has 102 valence electrons. The zero-order chi connectivity index (χ0) is 13.9. The summed E-state index contributed by atoms with van der Waals surface area (Å²) < 4.78 is 0. The number of benzene rings is 2. The molecule has 0 heterocycles. The molecule has 2 aromatic carbocycles. The molecular formula is C17H24N2. The first kappa shape index (κ1) is 13.9. The number of nitrogens with zero attached hydrogens (tertiary/aromatic N) is 1. The zero-order valence-electron chi connectivity index (χ0n) is 12.4. The lowest BCUT2D eigenvalue weighted by atomic mass is 9.93. The summed E-state index contributed by atoms with van der Waals surface area (Å²) in [7, 11) is 4.25. The summed E-state index contributed by atoms with van der Waals surface area (Å²) in [5.74, 6) is 0. The molecule has 0 radical (unpaired) electrons. The number of hydrogen-bond donors (Lipinski definition) is 1. The van der Waals surface area contributed by atoms with E-state index in [0.717, 1.165) is 13.1 Å². The Bertz CT molecular complexity index is 544. The second kappa shape index (κ2) is 5.62. The SMILES string of the molecule is CN(C)CC(C)(C)CNc1ccc2ccccc2c1. The fourth-order valence-electron chi connectivity index (χ4n) is 2.55. The van der Waals surface area contributed by atoms with Crippen molar-refractivity contribution in [2.24, 2.45) is 5.41 Å². The fraction of sp³-hybridized carbons (Fsp3) is 0.412. The summed E-state index contributed by atoms with van der Waals surface area (Å²) in [5, 5.41) is 6.14. The van der Waals surface area contributed by atoms with Crippen molar-refractivity contribution in [2.45, 2.75) is 13.8 Å². The Labute approximate surface area is 116 Å². The number of fused-ring (bicyclic) bond motifs is 1. The second-order valence-corrected chi connectivity index (χ2v) is 6.32. The molecule has 2 heteroatoms. The van der Waals surface area contributed by atoms with E-state index in [0.29, 0.717) is 0 Å². The molecule has 0 bridgehead atoms. The van der Waals surface area contributed by atoms with Gasteiger partial charge in [0.25, 0.3) is 0 Å². The third-order valence-corrected chi connectivity index (χ3v) is 3.26. The molecule has 0 aliphatic heterocycles. The molecule has 0 fully saturated rings. The van der Waals surface area contributed by atoms with E-state index in [1.54, 1.807) is 0 Å². The van der Waals surface area contributed by atoms with Gasteiger partial charge in [0.1, 0.15) is 0 Å². The molecule has 2 rings (SSSR count). The minimum absolute atomic E-state index is 0.259. The van der Waals surface area contributed by atoms with E-state index in [1.165, 1.54) is 16.5 Å². The Hall–Kier alpha value is -1.54. The van der Waals surface area contributed by atoms with Crippen LogP contribution in [0.15, 0.2) is 42.5 Å². The summed E-state index contributed by atoms with van der Waals surface area (Å²) in [5.41, 5.74) is 1.46. The monoisotopic (exact) mass is 256 g/mol. The number of hydrogen-bond acceptors (Lipinski definition) is 2. The van der Waals surface area contributed by atoms with Crippen LogP contribution < -0.4 is 5.32 Å². The van der Waals surface area contributed by atoms with Crippen LogP contribution >= 0.6 is 0 Å². The van der Waals surface area contributed by atoms with Crippen LogP contribution in [0.5, 0.6) is 0 Å². The van der Waals surface area contributed by atoms with Gasteiger partial charge in [-0.2, -0.15) is 0 Å². The van der Waals surface area contributed by atoms with E-state index < -0.39 is 0 Å². The molecule has 0 atom stereocenters. The van der Waals surface area contributed by atoms with Crippen LogP contribution in [-0.2, 0) is 0 Å². The van der Waals surface area contributed by atoms with E-state index in [2.05, 4.69) is 80.6 Å². The van der Waals surface area contributed by atoms with Crippen molar-refractivity contribution in [3.63, 3.8) is 0 Å². The average Bonchev–Trinajstić information content (AvgIpc) is 2.35. The standard InChI is InChI=1S/C17H24N2/c1-17(2,13-19(3)4)12-18-16-10-9-14-7-5-6-8-15(14)11-16/h5-11,18H,12-13H2,1-4H3. The highest BCUT2D eigenvalue weighted by molar-refractivity contribution is 5.85. The first-order valence-electron chi connectivity index (χ1n) is 6.84. The van der Waals surface area contributed by atoms with E-state index in [-0.39, 0.29) is 5.41 Å². The van der Waals surface area contributed by atoms with Crippen molar-refractivity contribution < 1.29 is 0 Å². The minimum Gasteiger partial charge on any atom is -0.384 e. The van der Waals surface area contributed by atoms with Crippen molar-refractivity contribution in [1.29, 1.82) is 0 Å². The predicted molar refractivity (Wildman–Crippen MR) is 84.8 cm³/mol. The molecule has 0 aromatic heterocycles. The lowest BCUT2D eigenvalue weighted by molar-refractivity contribution is 0.254. The number of nitrogens with one attached hydrogen (secondary N) is 1. The minimum atomic E-state index is 0.259. The molecule has 0 aliphatic carbocycles. The number of rotatable bonds is 5. The zero-order valence-corrected chi connectivity index (χ0v) is 12.4. The van der Waals surface area contributed by atoms with Gasteiger partial charge in [0.05, 0.1) is 0 Å². The van der Waals surface area contributed by atoms with Gasteiger partial charge >= 0.3 is 0 Å². The highest BCUT2D eigenvalue weighted by Gasteiger charge is 2.18. The Morgan fingerprint density at radius 3 is 2.37 bits per heavy atom. The summed E-state index contributed by atoms with van der Waals surface area (Å²) in [4.78, 5) is 2.24. The summed E-state index contributed by atoms with van der Waals surface area (Å²) in [6.45, 7) is 6.64. The first-order valence-corrected chi connectivity index (χ1v) is 6.84. The van der Waals surface area contributed by atoms with Crippen molar-refractivity contribution >= 4 is 16.5 Å². The first-order chi connectivity index (χ1) is 8.96. The van der Waals surface area contributed by atoms with Gasteiger partial charge in [0, 0.05) is 18.8 Å². The van der Waals surface area contributed by atoms with Gasteiger partial charge in [-0.25, -0.2) is 0 Å². The molecule has 0 saturated carbocycles. The maximum absolute atomic E-state index is 3.56. The average molecular weight is 256 g/mol. The van der Waals surface area contributed by atoms with E-state index >= 15 is 0 Å². The molecule has 0 unspecified atom stereocenters. The van der Waals surface area contributed by atoms with E-state index in [9.17, 15) is 0 Å². The van der Waals surface area contributed by atoms with Crippen LogP contribution in [0, 0.1) is 5.41 Å². The van der Waals surface area contributed by atoms with Crippen LogP contribution in [0.1, 0.15) is 13.8 Å². The molecule has 0 saturated heterocycles. The largest absolute Gasteiger partial charge is 0.384 e. The smallest absolute Gasteiger partial charge is 0.0346 e. The Balaban J connectivity index is 2.05. The van der Waals surface area contributed by atoms with Gasteiger partial charge in [-0.15, -0.1) is 0 Å². The van der Waals surface area contributed by atoms with Crippen molar-refractivity contribution in [1.82, 2.24) is 4.90 Å². The van der Waals surface area contributed by atoms with Gasteiger partial charge in [0.15, 0.2) is 0 Å². The third-order valence-electron chi connectivity index (χ3n) is 3.26. The Morgan fingerprint density at radius 1 is 1.00 bits per heavy atom. The lowest BCUT2D eigenvalue weighted by Crippen LogP contribution is -2.34. The van der Waals surface area contributed by atoms with Gasteiger partial charge in [-0.3, -0.25) is 0 Å². The van der Waals surface area contributed by atoms with Gasteiger partial charge < -0.3 is 10.2 Å². The van der Waals surface area contributed by atoms with E-state index in [1.807, 2.05) is 0 Å². The summed E-state index contributed by atoms with van der Waals surface area (Å²) >= 11 is 0. The van der Waals surface area contributed by atoms with Crippen LogP contribution in [0.2, 0.25) is 0 Å². The van der Waals surface area contributed by atoms with Crippen molar-refractivity contribution in [3.8, 4) is 0 Å². The molecule has 0 amide bonds. The highest BCUT2D eigenvalue weighted by atomic mass is 15.1. The Morgan fingerprint density at radius 2 is 1.68 bits per heavy atom. The molecule has 0 aliphatic rings. The van der Waals surface area contributed by atoms with Gasteiger partial charge in [-0.05, 0) is 42.4 Å². The van der Waals surface area contributed by atoms with Gasteiger partial charge in [0.2, 0.25) is 0 Å². The molecule has 2 aromatic rings. The maximum Gasteiger partial charge on any atom is 0.0346 e. The number of anilines is 1.